The van der Waals surface area contributed by atoms with Crippen molar-refractivity contribution in [3.05, 3.63) is 84.9 Å². The van der Waals surface area contributed by atoms with Crippen molar-refractivity contribution in [2.45, 2.75) is 19.3 Å². The van der Waals surface area contributed by atoms with Gasteiger partial charge in [0.05, 0.1) is 11.2 Å². The maximum Gasteiger partial charge on any atom is 0.245 e. The number of allylic oxidation sites excluding steroid dienone is 3. The Labute approximate surface area is 203 Å². The zero-order chi connectivity index (χ0) is 24.9. The number of benzene rings is 2. The molecule has 1 saturated heterocycles. The number of nitrogens with zero attached hydrogens (tertiary/aromatic N) is 4. The second-order valence-corrected chi connectivity index (χ2v) is 8.12. The summed E-state index contributed by atoms with van der Waals surface area (Å²) in [5.74, 6) is -0.0490. The molecule has 7 nitrogen and oxygen atoms in total. The zero-order valence-corrected chi connectivity index (χ0v) is 19.4. The highest BCUT2D eigenvalue weighted by molar-refractivity contribution is 6.00. The van der Waals surface area contributed by atoms with Crippen LogP contribution in [0.2, 0.25) is 0 Å². The number of aromatic nitrogens is 2. The molecule has 1 aliphatic heterocycles. The van der Waals surface area contributed by atoms with Crippen molar-refractivity contribution >= 4 is 29.2 Å². The van der Waals surface area contributed by atoms with Crippen molar-refractivity contribution in [3.8, 4) is 16.9 Å². The molecule has 8 heteroatoms. The van der Waals surface area contributed by atoms with Gasteiger partial charge in [-0.15, -0.1) is 0 Å². The summed E-state index contributed by atoms with van der Waals surface area (Å²) in [6, 6.07) is 6.43. The van der Waals surface area contributed by atoms with Gasteiger partial charge in [-0.05, 0) is 49.9 Å². The highest BCUT2D eigenvalue weighted by atomic mass is 19.1. The molecule has 1 unspecified atom stereocenters. The number of ether oxygens (including phenoxy) is 1. The Morgan fingerprint density at radius 1 is 1.34 bits per heavy atom. The summed E-state index contributed by atoms with van der Waals surface area (Å²) >= 11 is 0. The lowest BCUT2D eigenvalue weighted by molar-refractivity contribution is -0.125. The Kier molecular flexibility index (Phi) is 7.01. The van der Waals surface area contributed by atoms with Crippen LogP contribution in [0.15, 0.2) is 78.5 Å². The monoisotopic (exact) mass is 471 g/mol. The Morgan fingerprint density at radius 2 is 2.17 bits per heavy atom. The van der Waals surface area contributed by atoms with Gasteiger partial charge in [-0.2, -0.15) is 0 Å². The summed E-state index contributed by atoms with van der Waals surface area (Å²) in [5, 5.41) is 0.639. The number of hydrogen-bond acceptors (Lipinski definition) is 6. The van der Waals surface area contributed by atoms with Gasteiger partial charge < -0.3 is 15.4 Å². The van der Waals surface area contributed by atoms with Crippen molar-refractivity contribution in [1.82, 2.24) is 14.9 Å². The molecule has 178 valence electrons. The van der Waals surface area contributed by atoms with Gasteiger partial charge in [0, 0.05) is 53.9 Å². The number of amides is 1. The fraction of sp³-hybridized carbons (Fsp3) is 0.185. The number of hydrogen-bond donors (Lipinski definition) is 1. The summed E-state index contributed by atoms with van der Waals surface area (Å²) < 4.78 is 21.0. The molecule has 3 aromatic rings. The number of fused-ring (bicyclic) bond motifs is 1. The van der Waals surface area contributed by atoms with Gasteiger partial charge in [0.25, 0.3) is 0 Å². The van der Waals surface area contributed by atoms with Gasteiger partial charge in [-0.3, -0.25) is 4.79 Å². The lowest BCUT2D eigenvalue weighted by atomic mass is 9.90. The molecule has 0 aliphatic carbocycles. The van der Waals surface area contributed by atoms with Crippen LogP contribution in [0.25, 0.3) is 22.0 Å². The number of carbonyl (C=O) groups is 1. The average molecular weight is 472 g/mol. The van der Waals surface area contributed by atoms with Crippen LogP contribution in [0.4, 0.5) is 10.1 Å². The smallest absolute Gasteiger partial charge is 0.245 e. The van der Waals surface area contributed by atoms with Crippen molar-refractivity contribution < 1.29 is 13.9 Å². The zero-order valence-electron chi connectivity index (χ0n) is 19.4. The number of carbonyl (C=O) groups excluding carboxylic acids is 1. The van der Waals surface area contributed by atoms with Crippen LogP contribution in [0.3, 0.4) is 0 Å². The van der Waals surface area contributed by atoms with Gasteiger partial charge >= 0.3 is 0 Å². The first-order chi connectivity index (χ1) is 17.0. The predicted octanol–water partition coefficient (Wildman–Crippen LogP) is 5.02. The Bertz CT molecular complexity index is 1370. The first-order valence-corrected chi connectivity index (χ1v) is 11.2. The van der Waals surface area contributed by atoms with Crippen LogP contribution in [-0.2, 0) is 4.79 Å². The number of nitrogens with two attached hydrogens (primary N) is 1. The van der Waals surface area contributed by atoms with Crippen LogP contribution in [0.1, 0.15) is 24.8 Å². The average Bonchev–Trinajstić information content (AvgIpc) is 3.37. The van der Waals surface area contributed by atoms with Crippen LogP contribution in [0, 0.1) is 5.82 Å². The van der Waals surface area contributed by atoms with E-state index < -0.39 is 5.82 Å². The van der Waals surface area contributed by atoms with Crippen molar-refractivity contribution in [1.29, 1.82) is 0 Å². The highest BCUT2D eigenvalue weighted by Gasteiger charge is 2.29. The van der Waals surface area contributed by atoms with E-state index in [4.69, 9.17) is 10.5 Å². The number of anilines is 1. The molecule has 4 rings (SSSR count). The first kappa shape index (κ1) is 23.8. The van der Waals surface area contributed by atoms with E-state index in [2.05, 4.69) is 28.3 Å². The molecule has 35 heavy (non-hydrogen) atoms. The van der Waals surface area contributed by atoms with E-state index in [1.54, 1.807) is 35.4 Å². The summed E-state index contributed by atoms with van der Waals surface area (Å²) in [6.07, 6.45) is 10.4. The minimum Gasteiger partial charge on any atom is -0.439 e. The van der Waals surface area contributed by atoms with E-state index >= 15 is 4.39 Å². The third-order valence-electron chi connectivity index (χ3n) is 6.02. The third kappa shape index (κ3) is 4.82. The Morgan fingerprint density at radius 3 is 2.89 bits per heavy atom. The number of rotatable bonds is 7. The topological polar surface area (TPSA) is 93.7 Å². The second kappa shape index (κ2) is 10.3. The SMILES string of the molecule is C=CC(=O)N1CCC(c2cc(-c3ccc(O/C(=C/C=C\C)N=C)cc3F)c(N)c3cncnc23)C1. The molecule has 1 atom stereocenters. The fourth-order valence-electron chi connectivity index (χ4n) is 4.28. The van der Waals surface area contributed by atoms with Gasteiger partial charge in [0.1, 0.15) is 17.9 Å². The normalized spacial score (nSPS) is 16.1. The number of nitrogen functional groups attached to an aromatic ring is 1. The van der Waals surface area contributed by atoms with Gasteiger partial charge in [0.15, 0.2) is 0 Å². The lowest BCUT2D eigenvalue weighted by Crippen LogP contribution is -2.26. The molecule has 2 heterocycles. The predicted molar refractivity (Wildman–Crippen MR) is 137 cm³/mol. The molecular weight excluding hydrogens is 445 g/mol. The maximum absolute atomic E-state index is 15.3. The molecule has 0 spiro atoms. The largest absolute Gasteiger partial charge is 0.439 e. The molecule has 0 bridgehead atoms. The summed E-state index contributed by atoms with van der Waals surface area (Å²) in [5.41, 5.74) is 9.33. The number of halogens is 1. The van der Waals surface area contributed by atoms with Crippen LogP contribution >= 0.6 is 0 Å². The standard InChI is InChI=1S/C27H26FN5O2/c1-4-6-7-24(30-3)35-18-8-9-19(23(28)12-18)21-13-20(17-10-11-33(15-17)25(34)5-2)27-22(26(21)29)14-31-16-32-27/h4-9,12-14,16-17H,2-3,10-11,15,29H2,1H3/b6-4-,24-7+. The van der Waals surface area contributed by atoms with E-state index in [1.807, 2.05) is 19.1 Å². The molecule has 2 N–H and O–H groups in total. The van der Waals surface area contributed by atoms with E-state index in [-0.39, 0.29) is 23.5 Å². The molecule has 1 fully saturated rings. The molecule has 1 aromatic heterocycles. The second-order valence-electron chi connectivity index (χ2n) is 8.12. The number of likely N-dealkylation sites (tertiary alicyclic amines) is 1. The van der Waals surface area contributed by atoms with Crippen LogP contribution in [-0.4, -0.2) is 40.6 Å². The highest BCUT2D eigenvalue weighted by Crippen LogP contribution is 2.40. The maximum atomic E-state index is 15.3. The van der Waals surface area contributed by atoms with Crippen LogP contribution < -0.4 is 10.5 Å². The molecule has 0 radical (unpaired) electrons. The fourth-order valence-corrected chi connectivity index (χ4v) is 4.28. The lowest BCUT2D eigenvalue weighted by Gasteiger charge is -2.19. The molecular formula is C27H26FN5O2. The first-order valence-electron chi connectivity index (χ1n) is 11.2. The summed E-state index contributed by atoms with van der Waals surface area (Å²) in [7, 11) is 0. The van der Waals surface area contributed by atoms with Gasteiger partial charge in [0.2, 0.25) is 11.8 Å². The van der Waals surface area contributed by atoms with E-state index in [0.717, 1.165) is 12.0 Å². The summed E-state index contributed by atoms with van der Waals surface area (Å²) in [4.78, 5) is 26.3. The van der Waals surface area contributed by atoms with Crippen molar-refractivity contribution in [2.75, 3.05) is 18.8 Å². The minimum absolute atomic E-state index is 0.0271. The number of aliphatic imine (C=N–C) groups is 1. The van der Waals surface area contributed by atoms with Gasteiger partial charge in [-0.1, -0.05) is 18.7 Å². The van der Waals surface area contributed by atoms with E-state index in [9.17, 15) is 4.79 Å². The van der Waals surface area contributed by atoms with E-state index in [0.29, 0.717) is 40.8 Å². The molecule has 1 amide bonds. The Hall–Kier alpha value is -4.33. The molecule has 1 aliphatic rings. The summed E-state index contributed by atoms with van der Waals surface area (Å²) in [6.45, 7) is 10.1. The van der Waals surface area contributed by atoms with Crippen molar-refractivity contribution in [2.24, 2.45) is 4.99 Å². The quantitative estimate of drug-likeness (QED) is 0.172. The Balaban J connectivity index is 1.76. The molecule has 0 saturated carbocycles. The van der Waals surface area contributed by atoms with Gasteiger partial charge in [-0.25, -0.2) is 19.4 Å². The molecule has 2 aromatic carbocycles. The minimum atomic E-state index is -0.499. The third-order valence-corrected chi connectivity index (χ3v) is 6.02. The van der Waals surface area contributed by atoms with Crippen molar-refractivity contribution in [3.63, 3.8) is 0 Å². The van der Waals surface area contributed by atoms with Crippen LogP contribution in [0.5, 0.6) is 5.75 Å². The van der Waals surface area contributed by atoms with E-state index in [1.165, 1.54) is 18.5 Å².